The van der Waals surface area contributed by atoms with E-state index in [0.717, 1.165) is 23.0 Å². The molecule has 0 bridgehead atoms. The van der Waals surface area contributed by atoms with Crippen LogP contribution < -0.4 is 10.1 Å². The molecule has 0 spiro atoms. The molecular formula is C17H15F2N3O3. The number of aromatic nitrogens is 2. The monoisotopic (exact) mass is 347 g/mol. The second-order valence-electron chi connectivity index (χ2n) is 5.42. The summed E-state index contributed by atoms with van der Waals surface area (Å²) in [7, 11) is 0. The lowest BCUT2D eigenvalue weighted by molar-refractivity contribution is 0.0843. The van der Waals surface area contributed by atoms with Gasteiger partial charge >= 0.3 is 0 Å². The first-order valence-electron chi connectivity index (χ1n) is 7.50. The number of hydrogen-bond acceptors (Lipinski definition) is 4. The van der Waals surface area contributed by atoms with E-state index >= 15 is 0 Å². The minimum atomic E-state index is -1.03. The Kier molecular flexibility index (Phi) is 4.90. The number of aliphatic hydroxyl groups is 1. The first-order chi connectivity index (χ1) is 12.0. The second kappa shape index (κ2) is 7.27. The normalized spacial score (nSPS) is 12.1. The Bertz CT molecular complexity index is 898. The van der Waals surface area contributed by atoms with Crippen molar-refractivity contribution in [1.82, 2.24) is 15.5 Å². The molecule has 130 valence electrons. The number of rotatable bonds is 6. The highest BCUT2D eigenvalue weighted by Crippen LogP contribution is 2.15. The topological polar surface area (TPSA) is 87.2 Å². The molecule has 0 aliphatic rings. The van der Waals surface area contributed by atoms with Gasteiger partial charge in [-0.05, 0) is 30.3 Å². The summed E-state index contributed by atoms with van der Waals surface area (Å²) in [5, 5.41) is 19.9. The number of aromatic amines is 1. The van der Waals surface area contributed by atoms with E-state index in [0.29, 0.717) is 5.56 Å². The number of hydrogen-bond donors (Lipinski definition) is 3. The minimum absolute atomic E-state index is 0.0497. The molecule has 3 N–H and O–H groups in total. The Labute approximate surface area is 141 Å². The van der Waals surface area contributed by atoms with Crippen LogP contribution >= 0.6 is 0 Å². The van der Waals surface area contributed by atoms with E-state index in [1.807, 2.05) is 0 Å². The summed E-state index contributed by atoms with van der Waals surface area (Å²) in [5.74, 6) is -2.27. The van der Waals surface area contributed by atoms with Crippen LogP contribution in [0.15, 0.2) is 42.6 Å². The van der Waals surface area contributed by atoms with Gasteiger partial charge in [0, 0.05) is 23.6 Å². The van der Waals surface area contributed by atoms with Gasteiger partial charge in [-0.25, -0.2) is 8.78 Å². The molecule has 1 atom stereocenters. The standard InChI is InChI=1S/C17H15F2N3O3/c18-14-3-2-13(6-15(14)19)25-9-12(23)8-20-17(24)10-1-4-16-11(5-10)7-21-22-16/h1-7,12,23H,8-9H2,(H,20,24)(H,21,22). The Morgan fingerprint density at radius 1 is 1.24 bits per heavy atom. The Morgan fingerprint density at radius 3 is 2.88 bits per heavy atom. The summed E-state index contributed by atoms with van der Waals surface area (Å²) in [5.41, 5.74) is 1.25. The fourth-order valence-corrected chi connectivity index (χ4v) is 2.21. The van der Waals surface area contributed by atoms with Crippen molar-refractivity contribution in [3.8, 4) is 5.75 Å². The van der Waals surface area contributed by atoms with E-state index in [2.05, 4.69) is 15.5 Å². The first kappa shape index (κ1) is 16.8. The van der Waals surface area contributed by atoms with Crippen LogP contribution in [0.2, 0.25) is 0 Å². The van der Waals surface area contributed by atoms with E-state index in [1.165, 1.54) is 6.07 Å². The molecule has 1 amide bonds. The van der Waals surface area contributed by atoms with Gasteiger partial charge in [-0.15, -0.1) is 0 Å². The Morgan fingerprint density at radius 2 is 2.08 bits per heavy atom. The lowest BCUT2D eigenvalue weighted by Crippen LogP contribution is -2.35. The molecule has 8 heteroatoms. The Hall–Kier alpha value is -3.00. The summed E-state index contributed by atoms with van der Waals surface area (Å²) < 4.78 is 31.0. The molecule has 0 saturated heterocycles. The van der Waals surface area contributed by atoms with Crippen LogP contribution in [-0.2, 0) is 0 Å². The number of halogens is 2. The number of nitrogens with one attached hydrogen (secondary N) is 2. The number of carbonyl (C=O) groups is 1. The van der Waals surface area contributed by atoms with Crippen molar-refractivity contribution >= 4 is 16.8 Å². The molecule has 3 aromatic rings. The highest BCUT2D eigenvalue weighted by atomic mass is 19.2. The maximum Gasteiger partial charge on any atom is 0.251 e. The van der Waals surface area contributed by atoms with E-state index in [9.17, 15) is 18.7 Å². The van der Waals surface area contributed by atoms with E-state index in [4.69, 9.17) is 4.74 Å². The lowest BCUT2D eigenvalue weighted by Gasteiger charge is -2.13. The van der Waals surface area contributed by atoms with Crippen LogP contribution in [0.1, 0.15) is 10.4 Å². The summed E-state index contributed by atoms with van der Waals surface area (Å²) in [6.07, 6.45) is 0.603. The molecular weight excluding hydrogens is 332 g/mol. The van der Waals surface area contributed by atoms with Crippen molar-refractivity contribution in [1.29, 1.82) is 0 Å². The SMILES string of the molecule is O=C(NCC(O)COc1ccc(F)c(F)c1)c1ccc2[nH]ncc2c1. The third-order valence-electron chi connectivity index (χ3n) is 3.53. The summed E-state index contributed by atoms with van der Waals surface area (Å²) in [6, 6.07) is 8.13. The number of fused-ring (bicyclic) bond motifs is 1. The lowest BCUT2D eigenvalue weighted by atomic mass is 10.1. The highest BCUT2D eigenvalue weighted by molar-refractivity contribution is 5.97. The van der Waals surface area contributed by atoms with Gasteiger partial charge in [0.05, 0.1) is 11.7 Å². The largest absolute Gasteiger partial charge is 0.491 e. The highest BCUT2D eigenvalue weighted by Gasteiger charge is 2.11. The van der Waals surface area contributed by atoms with Gasteiger partial charge in [-0.1, -0.05) is 0 Å². The molecule has 2 aromatic carbocycles. The van der Waals surface area contributed by atoms with Crippen LogP contribution in [0.4, 0.5) is 8.78 Å². The molecule has 25 heavy (non-hydrogen) atoms. The molecule has 1 heterocycles. The van der Waals surface area contributed by atoms with Crippen LogP contribution in [0, 0.1) is 11.6 Å². The zero-order chi connectivity index (χ0) is 17.8. The van der Waals surface area contributed by atoms with E-state index in [-0.39, 0.29) is 24.8 Å². The predicted octanol–water partition coefficient (Wildman–Crippen LogP) is 2.01. The van der Waals surface area contributed by atoms with E-state index in [1.54, 1.807) is 24.4 Å². The molecule has 1 aromatic heterocycles. The number of benzene rings is 2. The van der Waals surface area contributed by atoms with Crippen molar-refractivity contribution in [2.24, 2.45) is 0 Å². The number of carbonyl (C=O) groups excluding carboxylic acids is 1. The predicted molar refractivity (Wildman–Crippen MR) is 86.3 cm³/mol. The summed E-state index contributed by atoms with van der Waals surface area (Å²) in [6.45, 7) is -0.224. The number of aliphatic hydroxyl groups excluding tert-OH is 1. The number of H-pyrrole nitrogens is 1. The molecule has 6 nitrogen and oxygen atoms in total. The first-order valence-corrected chi connectivity index (χ1v) is 7.50. The van der Waals surface area contributed by atoms with E-state index < -0.39 is 17.7 Å². The van der Waals surface area contributed by atoms with Crippen LogP contribution in [0.5, 0.6) is 5.75 Å². The van der Waals surface area contributed by atoms with Crippen molar-refractivity contribution < 1.29 is 23.4 Å². The van der Waals surface area contributed by atoms with Gasteiger partial charge in [0.15, 0.2) is 11.6 Å². The zero-order valence-corrected chi connectivity index (χ0v) is 13.0. The van der Waals surface area contributed by atoms with Crippen molar-refractivity contribution in [2.75, 3.05) is 13.2 Å². The molecule has 0 radical (unpaired) electrons. The van der Waals surface area contributed by atoms with Crippen LogP contribution in [-0.4, -0.2) is 40.5 Å². The van der Waals surface area contributed by atoms with Crippen LogP contribution in [0.25, 0.3) is 10.9 Å². The fourth-order valence-electron chi connectivity index (χ4n) is 2.21. The molecule has 0 fully saturated rings. The summed E-state index contributed by atoms with van der Waals surface area (Å²) in [4.78, 5) is 12.1. The molecule has 1 unspecified atom stereocenters. The minimum Gasteiger partial charge on any atom is -0.491 e. The van der Waals surface area contributed by atoms with Gasteiger partial charge < -0.3 is 15.2 Å². The quantitative estimate of drug-likeness (QED) is 0.637. The smallest absolute Gasteiger partial charge is 0.251 e. The van der Waals surface area contributed by atoms with Gasteiger partial charge in [0.2, 0.25) is 0 Å². The molecule has 0 aliphatic heterocycles. The van der Waals surface area contributed by atoms with Crippen molar-refractivity contribution in [2.45, 2.75) is 6.10 Å². The molecule has 0 saturated carbocycles. The van der Waals surface area contributed by atoms with Crippen LogP contribution in [0.3, 0.4) is 0 Å². The average molecular weight is 347 g/mol. The zero-order valence-electron chi connectivity index (χ0n) is 13.0. The Balaban J connectivity index is 1.50. The summed E-state index contributed by atoms with van der Waals surface area (Å²) >= 11 is 0. The number of amides is 1. The fraction of sp³-hybridized carbons (Fsp3) is 0.176. The second-order valence-corrected chi connectivity index (χ2v) is 5.42. The maximum atomic E-state index is 13.1. The third kappa shape index (κ3) is 4.10. The third-order valence-corrected chi connectivity index (χ3v) is 3.53. The van der Waals surface area contributed by atoms with Crippen molar-refractivity contribution in [3.63, 3.8) is 0 Å². The van der Waals surface area contributed by atoms with Gasteiger partial charge in [0.1, 0.15) is 18.5 Å². The number of ether oxygens (including phenoxy) is 1. The number of nitrogens with zero attached hydrogens (tertiary/aromatic N) is 1. The molecule has 0 aliphatic carbocycles. The maximum absolute atomic E-state index is 13.1. The molecule has 3 rings (SSSR count). The van der Waals surface area contributed by atoms with Gasteiger partial charge in [-0.2, -0.15) is 5.10 Å². The van der Waals surface area contributed by atoms with Gasteiger partial charge in [0.25, 0.3) is 5.91 Å². The van der Waals surface area contributed by atoms with Gasteiger partial charge in [-0.3, -0.25) is 9.89 Å². The van der Waals surface area contributed by atoms with Crippen molar-refractivity contribution in [3.05, 3.63) is 59.8 Å². The average Bonchev–Trinajstić information content (AvgIpc) is 3.08.